The van der Waals surface area contributed by atoms with Gasteiger partial charge in [0.15, 0.2) is 11.6 Å². The third-order valence-electron chi connectivity index (χ3n) is 6.57. The van der Waals surface area contributed by atoms with Crippen molar-refractivity contribution in [2.75, 3.05) is 6.61 Å². The molecular formula is C24H24ClFN6O4. The number of H-pyrrole nitrogens is 1. The molecule has 0 radical (unpaired) electrons. The highest BCUT2D eigenvalue weighted by atomic mass is 35.5. The van der Waals surface area contributed by atoms with Crippen molar-refractivity contribution >= 4 is 40.6 Å². The number of hydrogen-bond donors (Lipinski definition) is 3. The van der Waals surface area contributed by atoms with Crippen LogP contribution in [0.1, 0.15) is 38.7 Å². The van der Waals surface area contributed by atoms with E-state index in [1.54, 1.807) is 31.3 Å². The van der Waals surface area contributed by atoms with Gasteiger partial charge in [-0.3, -0.25) is 14.7 Å². The molecule has 10 nitrogen and oxygen atoms in total. The highest BCUT2D eigenvalue weighted by Crippen LogP contribution is 2.40. The first-order valence-electron chi connectivity index (χ1n) is 11.5. The lowest BCUT2D eigenvalue weighted by Crippen LogP contribution is -2.63. The molecule has 2 amide bonds. The summed E-state index contributed by atoms with van der Waals surface area (Å²) in [6.45, 7) is 4.00. The number of carbonyl (C=O) groups excluding carboxylic acids is 1. The van der Waals surface area contributed by atoms with Crippen LogP contribution in [0.4, 0.5) is 9.18 Å². The van der Waals surface area contributed by atoms with E-state index >= 15 is 4.39 Å². The number of amides is 2. The van der Waals surface area contributed by atoms with Crippen LogP contribution in [0, 0.1) is 5.82 Å². The van der Waals surface area contributed by atoms with Gasteiger partial charge in [-0.05, 0) is 44.9 Å². The molecule has 188 valence electrons. The number of aromatic nitrogens is 3. The molecule has 0 spiro atoms. The van der Waals surface area contributed by atoms with Gasteiger partial charge in [0, 0.05) is 24.4 Å². The Morgan fingerprint density at radius 1 is 1.42 bits per heavy atom. The number of halogens is 2. The van der Waals surface area contributed by atoms with Crippen LogP contribution in [0.5, 0.6) is 0 Å². The van der Waals surface area contributed by atoms with Crippen molar-refractivity contribution in [2.24, 2.45) is 4.99 Å². The number of benzene rings is 1. The van der Waals surface area contributed by atoms with Crippen molar-refractivity contribution in [3.8, 4) is 11.5 Å². The second kappa shape index (κ2) is 9.14. The summed E-state index contributed by atoms with van der Waals surface area (Å²) in [5, 5.41) is 12.7. The van der Waals surface area contributed by atoms with Gasteiger partial charge < -0.3 is 20.1 Å². The monoisotopic (exact) mass is 514 g/mol. The predicted octanol–water partition coefficient (Wildman–Crippen LogP) is 4.06. The van der Waals surface area contributed by atoms with Crippen molar-refractivity contribution in [3.63, 3.8) is 0 Å². The van der Waals surface area contributed by atoms with E-state index in [1.165, 1.54) is 11.0 Å². The van der Waals surface area contributed by atoms with Crippen molar-refractivity contribution in [2.45, 2.75) is 50.8 Å². The fraction of sp³-hybridized carbons (Fsp3) is 0.375. The zero-order valence-electron chi connectivity index (χ0n) is 19.6. The molecule has 0 saturated carbocycles. The average Bonchev–Trinajstić information content (AvgIpc) is 3.28. The van der Waals surface area contributed by atoms with Gasteiger partial charge >= 0.3 is 6.09 Å². The number of carboxylic acid groups (broad SMARTS) is 1. The summed E-state index contributed by atoms with van der Waals surface area (Å²) in [7, 11) is 0. The number of nitrogens with zero attached hydrogens (tertiary/aromatic N) is 4. The van der Waals surface area contributed by atoms with Crippen LogP contribution < -0.4 is 5.32 Å². The number of rotatable bonds is 3. The Morgan fingerprint density at radius 2 is 2.22 bits per heavy atom. The summed E-state index contributed by atoms with van der Waals surface area (Å²) in [4.78, 5) is 41.6. The van der Waals surface area contributed by atoms with Crippen LogP contribution in [0.15, 0.2) is 35.5 Å². The minimum Gasteiger partial charge on any atom is -0.463 e. The third kappa shape index (κ3) is 4.28. The van der Waals surface area contributed by atoms with Crippen molar-refractivity contribution in [3.05, 3.63) is 46.9 Å². The molecule has 1 aromatic carbocycles. The summed E-state index contributed by atoms with van der Waals surface area (Å²) < 4.78 is 20.8. The van der Waals surface area contributed by atoms with Gasteiger partial charge in [-0.15, -0.1) is 4.99 Å². The number of aromatic amines is 1. The fourth-order valence-corrected chi connectivity index (χ4v) is 5.30. The Balaban J connectivity index is 1.56. The van der Waals surface area contributed by atoms with Gasteiger partial charge in [0.05, 0.1) is 28.6 Å². The summed E-state index contributed by atoms with van der Waals surface area (Å²) in [5.74, 6) is -0.758. The highest BCUT2D eigenvalue weighted by Gasteiger charge is 2.45. The SMILES string of the molecule is C[C@H]1C[C@@H](N2C(=O)C[C@@](C)(c3cc(F)c4nc(-c5ccccn5)[nH]c4c3Cl)N/C2=N\C(=O)O)CCO1. The first kappa shape index (κ1) is 24.1. The number of ether oxygens (including phenoxy) is 1. The van der Waals surface area contributed by atoms with E-state index in [0.29, 0.717) is 31.0 Å². The quantitative estimate of drug-likeness (QED) is 0.480. The Kier molecular flexibility index (Phi) is 6.13. The standard InChI is InChI=1S/C24H24ClFN6O4/c1-12-9-13(6-8-36-12)32-17(33)11-24(2,31-22(32)30-23(34)35)14-10-15(26)19-20(18(14)25)29-21(28-19)16-5-3-4-7-27-16/h3-5,7,10,12-13H,6,8-9,11H2,1-2H3,(H,28,29)(H,30,31)(H,34,35)/t12-,13-,24-/m0/s1. The second-order valence-electron chi connectivity index (χ2n) is 9.22. The molecule has 12 heteroatoms. The maximum absolute atomic E-state index is 15.3. The van der Waals surface area contributed by atoms with Crippen LogP contribution in [0.3, 0.4) is 0 Å². The number of fused-ring (bicyclic) bond motifs is 1. The third-order valence-corrected chi connectivity index (χ3v) is 6.97. The summed E-state index contributed by atoms with van der Waals surface area (Å²) in [6, 6.07) is 6.21. The van der Waals surface area contributed by atoms with Crippen molar-refractivity contribution in [1.29, 1.82) is 0 Å². The van der Waals surface area contributed by atoms with Gasteiger partial charge in [0.2, 0.25) is 11.9 Å². The van der Waals surface area contributed by atoms with E-state index in [9.17, 15) is 14.7 Å². The number of pyridine rings is 1. The molecule has 2 fully saturated rings. The number of nitrogens with one attached hydrogen (secondary N) is 2. The number of carbonyl (C=O) groups is 2. The van der Waals surface area contributed by atoms with E-state index in [0.717, 1.165) is 0 Å². The molecule has 4 heterocycles. The van der Waals surface area contributed by atoms with E-state index < -0.39 is 17.4 Å². The Labute approximate surface area is 210 Å². The highest BCUT2D eigenvalue weighted by molar-refractivity contribution is 6.36. The average molecular weight is 515 g/mol. The van der Waals surface area contributed by atoms with E-state index in [4.69, 9.17) is 16.3 Å². The van der Waals surface area contributed by atoms with Crippen molar-refractivity contribution in [1.82, 2.24) is 25.2 Å². The molecule has 0 bridgehead atoms. The molecule has 0 aliphatic carbocycles. The fourth-order valence-electron chi connectivity index (χ4n) is 4.90. The van der Waals surface area contributed by atoms with Gasteiger partial charge in [0.25, 0.3) is 0 Å². The maximum atomic E-state index is 15.3. The predicted molar refractivity (Wildman–Crippen MR) is 130 cm³/mol. The zero-order chi connectivity index (χ0) is 25.6. The maximum Gasteiger partial charge on any atom is 0.434 e. The van der Waals surface area contributed by atoms with Crippen LogP contribution in [-0.4, -0.2) is 61.7 Å². The zero-order valence-corrected chi connectivity index (χ0v) is 20.3. The smallest absolute Gasteiger partial charge is 0.434 e. The molecule has 2 aliphatic heterocycles. The second-order valence-corrected chi connectivity index (χ2v) is 9.60. The number of guanidine groups is 1. The topological polar surface area (TPSA) is 133 Å². The van der Waals surface area contributed by atoms with Gasteiger partial charge in [-0.2, -0.15) is 0 Å². The number of imidazole rings is 1. The van der Waals surface area contributed by atoms with E-state index in [2.05, 4.69) is 25.3 Å². The van der Waals surface area contributed by atoms with E-state index in [-0.39, 0.29) is 52.1 Å². The molecule has 2 saturated heterocycles. The van der Waals surface area contributed by atoms with Crippen LogP contribution >= 0.6 is 11.6 Å². The first-order valence-corrected chi connectivity index (χ1v) is 11.9. The van der Waals surface area contributed by atoms with Crippen molar-refractivity contribution < 1.29 is 23.8 Å². The normalized spacial score (nSPS) is 25.8. The molecule has 5 rings (SSSR count). The Hall–Kier alpha value is -3.57. The summed E-state index contributed by atoms with van der Waals surface area (Å²) >= 11 is 6.75. The molecule has 2 aromatic heterocycles. The molecule has 3 N–H and O–H groups in total. The lowest BCUT2D eigenvalue weighted by atomic mass is 9.85. The minimum absolute atomic E-state index is 0.0346. The molecule has 3 atom stereocenters. The van der Waals surface area contributed by atoms with Gasteiger partial charge in [0.1, 0.15) is 11.2 Å². The largest absolute Gasteiger partial charge is 0.463 e. The molecule has 3 aromatic rings. The van der Waals surface area contributed by atoms with Gasteiger partial charge in [-0.1, -0.05) is 17.7 Å². The van der Waals surface area contributed by atoms with Crippen LogP contribution in [-0.2, 0) is 15.1 Å². The van der Waals surface area contributed by atoms with Crippen LogP contribution in [0.2, 0.25) is 5.02 Å². The molecule has 2 aliphatic rings. The lowest BCUT2D eigenvalue weighted by Gasteiger charge is -2.45. The number of hydrogen-bond acceptors (Lipinski definition) is 5. The lowest BCUT2D eigenvalue weighted by molar-refractivity contribution is -0.134. The summed E-state index contributed by atoms with van der Waals surface area (Å²) in [6.07, 6.45) is 1.03. The molecular weight excluding hydrogens is 491 g/mol. The van der Waals surface area contributed by atoms with Gasteiger partial charge in [-0.25, -0.2) is 14.2 Å². The Morgan fingerprint density at radius 3 is 2.92 bits per heavy atom. The minimum atomic E-state index is -1.46. The first-order chi connectivity index (χ1) is 17.2. The van der Waals surface area contributed by atoms with Crippen LogP contribution in [0.25, 0.3) is 22.6 Å². The molecule has 0 unspecified atom stereocenters. The Bertz CT molecular complexity index is 1380. The summed E-state index contributed by atoms with van der Waals surface area (Å²) in [5.41, 5.74) is -0.161. The number of aliphatic imine (C=N–C) groups is 1. The molecule has 36 heavy (non-hydrogen) atoms. The van der Waals surface area contributed by atoms with E-state index in [1.807, 2.05) is 6.92 Å².